The molecule has 2 rings (SSSR count). The zero-order valence-corrected chi connectivity index (χ0v) is 13.2. The minimum atomic E-state index is 0.410. The largest absolute Gasteiger partial charge is 0.379 e. The molecule has 0 amide bonds. The smallest absolute Gasteiger partial charge is 0.0815 e. The Bertz CT molecular complexity index is 546. The molecule has 19 heavy (non-hydrogen) atoms. The van der Waals surface area contributed by atoms with Gasteiger partial charge in [0.2, 0.25) is 0 Å². The number of aryl methyl sites for hydroxylation is 1. The van der Waals surface area contributed by atoms with Crippen molar-refractivity contribution in [2.75, 3.05) is 5.32 Å². The first-order valence-electron chi connectivity index (χ1n) is 6.66. The lowest BCUT2D eigenvalue weighted by atomic mass is 10.1. The molecule has 4 heteroatoms. The van der Waals surface area contributed by atoms with Crippen LogP contribution in [0.25, 0.3) is 0 Å². The Morgan fingerprint density at radius 2 is 2.11 bits per heavy atom. The normalized spacial score (nSPS) is 11.0. The summed E-state index contributed by atoms with van der Waals surface area (Å²) < 4.78 is 3.11. The Morgan fingerprint density at radius 3 is 2.74 bits per heavy atom. The molecule has 0 atom stereocenters. The molecule has 0 aliphatic rings. The topological polar surface area (TPSA) is 29.9 Å². The summed E-state index contributed by atoms with van der Waals surface area (Å²) in [6, 6.07) is 8.82. The van der Waals surface area contributed by atoms with Gasteiger partial charge in [0, 0.05) is 22.4 Å². The fourth-order valence-electron chi connectivity index (χ4n) is 1.97. The predicted octanol–water partition coefficient (Wildman–Crippen LogP) is 4.40. The van der Waals surface area contributed by atoms with E-state index in [0.717, 1.165) is 23.1 Å². The van der Waals surface area contributed by atoms with Gasteiger partial charge in [0.15, 0.2) is 0 Å². The van der Waals surface area contributed by atoms with E-state index in [-0.39, 0.29) is 0 Å². The first-order chi connectivity index (χ1) is 9.10. The lowest BCUT2D eigenvalue weighted by Crippen LogP contribution is -2.05. The maximum absolute atomic E-state index is 4.54. The van der Waals surface area contributed by atoms with Crippen molar-refractivity contribution in [3.63, 3.8) is 0 Å². The minimum Gasteiger partial charge on any atom is -0.379 e. The van der Waals surface area contributed by atoms with Gasteiger partial charge in [0.25, 0.3) is 0 Å². The van der Waals surface area contributed by atoms with Gasteiger partial charge < -0.3 is 5.32 Å². The van der Waals surface area contributed by atoms with E-state index in [2.05, 4.69) is 71.4 Å². The third-order valence-electron chi connectivity index (χ3n) is 3.10. The Balaban J connectivity index is 2.05. The average molecular weight is 322 g/mol. The van der Waals surface area contributed by atoms with Crippen LogP contribution in [-0.2, 0) is 13.0 Å². The third kappa shape index (κ3) is 3.60. The lowest BCUT2D eigenvalue weighted by molar-refractivity contribution is 0.527. The van der Waals surface area contributed by atoms with Gasteiger partial charge >= 0.3 is 0 Å². The van der Waals surface area contributed by atoms with Crippen molar-refractivity contribution in [3.8, 4) is 0 Å². The van der Waals surface area contributed by atoms with Gasteiger partial charge in [-0.25, -0.2) is 0 Å². The second-order valence-electron chi connectivity index (χ2n) is 4.89. The van der Waals surface area contributed by atoms with E-state index in [1.807, 2.05) is 10.9 Å². The highest BCUT2D eigenvalue weighted by molar-refractivity contribution is 9.10. The van der Waals surface area contributed by atoms with Crippen LogP contribution in [0.4, 0.5) is 5.69 Å². The van der Waals surface area contributed by atoms with Crippen LogP contribution < -0.4 is 5.32 Å². The van der Waals surface area contributed by atoms with Gasteiger partial charge in [-0.05, 0) is 50.1 Å². The number of anilines is 1. The van der Waals surface area contributed by atoms with E-state index in [1.165, 1.54) is 11.3 Å². The monoisotopic (exact) mass is 321 g/mol. The first kappa shape index (κ1) is 14.1. The maximum Gasteiger partial charge on any atom is 0.0815 e. The number of hydrogen-bond donors (Lipinski definition) is 1. The molecule has 0 bridgehead atoms. The summed E-state index contributed by atoms with van der Waals surface area (Å²) in [6.07, 6.45) is 3.05. The Morgan fingerprint density at radius 1 is 1.32 bits per heavy atom. The zero-order valence-electron chi connectivity index (χ0n) is 11.7. The van der Waals surface area contributed by atoms with Crippen LogP contribution >= 0.6 is 15.9 Å². The number of benzene rings is 1. The average Bonchev–Trinajstić information content (AvgIpc) is 2.86. The summed E-state index contributed by atoms with van der Waals surface area (Å²) in [5.74, 6) is 0. The highest BCUT2D eigenvalue weighted by atomic mass is 79.9. The van der Waals surface area contributed by atoms with Gasteiger partial charge in [0.05, 0.1) is 12.2 Å². The summed E-state index contributed by atoms with van der Waals surface area (Å²) in [5, 5.41) is 8.01. The van der Waals surface area contributed by atoms with Gasteiger partial charge in [-0.3, -0.25) is 4.68 Å². The fraction of sp³-hybridized carbons (Fsp3) is 0.400. The summed E-state index contributed by atoms with van der Waals surface area (Å²) >= 11 is 3.51. The molecule has 1 heterocycles. The Kier molecular flexibility index (Phi) is 4.64. The van der Waals surface area contributed by atoms with Crippen molar-refractivity contribution in [3.05, 3.63) is 46.2 Å². The van der Waals surface area contributed by atoms with Crippen LogP contribution in [0, 0.1) is 0 Å². The molecule has 2 aromatic rings. The SMILES string of the molecule is CCc1cc(Br)ccc1NCc1ccn(C(C)C)n1. The Hall–Kier alpha value is -1.29. The van der Waals surface area contributed by atoms with E-state index >= 15 is 0 Å². The first-order valence-corrected chi connectivity index (χ1v) is 7.45. The van der Waals surface area contributed by atoms with Crippen LogP contribution in [0.15, 0.2) is 34.9 Å². The zero-order chi connectivity index (χ0) is 13.8. The molecule has 1 aromatic heterocycles. The summed E-state index contributed by atoms with van der Waals surface area (Å²) in [6.45, 7) is 7.19. The van der Waals surface area contributed by atoms with Crippen LogP contribution in [0.1, 0.15) is 38.1 Å². The minimum absolute atomic E-state index is 0.410. The summed E-state index contributed by atoms with van der Waals surface area (Å²) in [7, 11) is 0. The second kappa shape index (κ2) is 6.24. The van der Waals surface area contributed by atoms with Gasteiger partial charge in [0.1, 0.15) is 0 Å². The van der Waals surface area contributed by atoms with Crippen LogP contribution in [0.2, 0.25) is 0 Å². The van der Waals surface area contributed by atoms with Crippen LogP contribution in [-0.4, -0.2) is 9.78 Å². The van der Waals surface area contributed by atoms with E-state index in [0.29, 0.717) is 6.04 Å². The van der Waals surface area contributed by atoms with E-state index in [4.69, 9.17) is 0 Å². The number of halogens is 1. The molecule has 0 saturated carbocycles. The fourth-order valence-corrected chi connectivity index (χ4v) is 2.38. The lowest BCUT2D eigenvalue weighted by Gasteiger charge is -2.10. The van der Waals surface area contributed by atoms with Gasteiger partial charge in [-0.15, -0.1) is 0 Å². The summed E-state index contributed by atoms with van der Waals surface area (Å²) in [5.41, 5.74) is 3.57. The maximum atomic E-state index is 4.54. The van der Waals surface area contributed by atoms with Crippen molar-refractivity contribution in [1.29, 1.82) is 0 Å². The van der Waals surface area contributed by atoms with Crippen molar-refractivity contribution in [2.45, 2.75) is 39.8 Å². The number of rotatable bonds is 5. The highest BCUT2D eigenvalue weighted by Gasteiger charge is 2.04. The number of nitrogens with one attached hydrogen (secondary N) is 1. The Labute approximate surface area is 123 Å². The van der Waals surface area contributed by atoms with E-state index < -0.39 is 0 Å². The molecule has 0 saturated heterocycles. The molecule has 102 valence electrons. The molecule has 0 spiro atoms. The van der Waals surface area contributed by atoms with E-state index in [9.17, 15) is 0 Å². The number of hydrogen-bond acceptors (Lipinski definition) is 2. The standard InChI is InChI=1S/C15H20BrN3/c1-4-12-9-13(16)5-6-15(12)17-10-14-7-8-19(18-14)11(2)3/h5-9,11,17H,4,10H2,1-3H3. The van der Waals surface area contributed by atoms with Crippen LogP contribution in [0.5, 0.6) is 0 Å². The molecule has 0 aliphatic heterocycles. The molecule has 1 N–H and O–H groups in total. The molecule has 0 radical (unpaired) electrons. The van der Waals surface area contributed by atoms with Crippen molar-refractivity contribution in [2.24, 2.45) is 0 Å². The van der Waals surface area contributed by atoms with Crippen molar-refractivity contribution >= 4 is 21.6 Å². The van der Waals surface area contributed by atoms with E-state index in [1.54, 1.807) is 0 Å². The van der Waals surface area contributed by atoms with Crippen LogP contribution in [0.3, 0.4) is 0 Å². The molecular weight excluding hydrogens is 302 g/mol. The molecule has 0 fully saturated rings. The van der Waals surface area contributed by atoms with Crippen molar-refractivity contribution in [1.82, 2.24) is 9.78 Å². The molecule has 0 unspecified atom stereocenters. The van der Waals surface area contributed by atoms with Crippen molar-refractivity contribution < 1.29 is 0 Å². The predicted molar refractivity (Wildman–Crippen MR) is 83.5 cm³/mol. The number of aromatic nitrogens is 2. The highest BCUT2D eigenvalue weighted by Crippen LogP contribution is 2.22. The molecular formula is C15H20BrN3. The summed E-state index contributed by atoms with van der Waals surface area (Å²) in [4.78, 5) is 0. The quantitative estimate of drug-likeness (QED) is 0.884. The molecule has 3 nitrogen and oxygen atoms in total. The molecule has 1 aromatic carbocycles. The number of nitrogens with zero attached hydrogens (tertiary/aromatic N) is 2. The molecule has 0 aliphatic carbocycles. The van der Waals surface area contributed by atoms with Gasteiger partial charge in [-0.1, -0.05) is 22.9 Å². The second-order valence-corrected chi connectivity index (χ2v) is 5.81. The third-order valence-corrected chi connectivity index (χ3v) is 3.59. The van der Waals surface area contributed by atoms with Gasteiger partial charge in [-0.2, -0.15) is 5.10 Å².